The zero-order chi connectivity index (χ0) is 25.9. The molecule has 6 nitrogen and oxygen atoms in total. The number of hydrogen-bond acceptors (Lipinski definition) is 4. The Morgan fingerprint density at radius 3 is 2.00 bits per heavy atom. The van der Waals surface area contributed by atoms with Crippen molar-refractivity contribution in [3.63, 3.8) is 0 Å². The Kier molecular flexibility index (Phi) is 8.48. The van der Waals surface area contributed by atoms with Gasteiger partial charge in [0.1, 0.15) is 5.75 Å². The van der Waals surface area contributed by atoms with Gasteiger partial charge < -0.3 is 10.1 Å². The predicted octanol–water partition coefficient (Wildman–Crippen LogP) is 5.43. The second-order valence-electron chi connectivity index (χ2n) is 6.80. The Morgan fingerprint density at radius 1 is 1.00 bits per heavy atom. The number of rotatable bonds is 8. The van der Waals surface area contributed by atoms with Gasteiger partial charge in [-0.2, -0.15) is 30.6 Å². The molecule has 0 saturated carbocycles. The van der Waals surface area contributed by atoms with E-state index in [1.807, 2.05) is 5.32 Å². The maximum atomic E-state index is 13.0. The maximum Gasteiger partial charge on any atom is 0.416 e. The molecule has 0 radical (unpaired) electrons. The standard InChI is InChI=1S/C20H19ClF6N2O4S/c1-3-29(34(31,32)15-5-6-17(33-4-2)16(21)10-15)11-18(30)28-14-8-12(19(22,23)24)7-13(9-14)20(25,26)27/h5-10H,3-4,11H2,1-2H3,(H,28,30). The molecule has 0 heterocycles. The van der Waals surface area contributed by atoms with Crippen LogP contribution in [0.4, 0.5) is 32.0 Å². The van der Waals surface area contributed by atoms with Crippen LogP contribution in [0.3, 0.4) is 0 Å². The third kappa shape index (κ3) is 6.76. The lowest BCUT2D eigenvalue weighted by Gasteiger charge is -2.21. The molecule has 1 amide bonds. The minimum atomic E-state index is -5.10. The van der Waals surface area contributed by atoms with E-state index < -0.39 is 51.6 Å². The van der Waals surface area contributed by atoms with Gasteiger partial charge in [0.25, 0.3) is 0 Å². The highest BCUT2D eigenvalue weighted by Gasteiger charge is 2.37. The van der Waals surface area contributed by atoms with Gasteiger partial charge in [-0.1, -0.05) is 18.5 Å². The monoisotopic (exact) mass is 532 g/mol. The Bertz CT molecular complexity index is 1120. The molecule has 0 aliphatic heterocycles. The highest BCUT2D eigenvalue weighted by atomic mass is 35.5. The fraction of sp³-hybridized carbons (Fsp3) is 0.350. The number of amides is 1. The molecule has 1 N–H and O–H groups in total. The highest BCUT2D eigenvalue weighted by Crippen LogP contribution is 2.37. The van der Waals surface area contributed by atoms with E-state index in [-0.39, 0.29) is 34.9 Å². The van der Waals surface area contributed by atoms with Crippen molar-refractivity contribution < 1.29 is 44.3 Å². The van der Waals surface area contributed by atoms with Gasteiger partial charge in [0.2, 0.25) is 15.9 Å². The fourth-order valence-corrected chi connectivity index (χ4v) is 4.55. The van der Waals surface area contributed by atoms with Crippen LogP contribution < -0.4 is 10.1 Å². The summed E-state index contributed by atoms with van der Waals surface area (Å²) < 4.78 is 110. The maximum absolute atomic E-state index is 13.0. The summed E-state index contributed by atoms with van der Waals surface area (Å²) in [4.78, 5) is 12.1. The van der Waals surface area contributed by atoms with Crippen molar-refractivity contribution in [3.05, 3.63) is 52.5 Å². The van der Waals surface area contributed by atoms with E-state index in [0.29, 0.717) is 16.4 Å². The minimum absolute atomic E-state index is 0.00734. The average Bonchev–Trinajstić information content (AvgIpc) is 2.71. The first-order chi connectivity index (χ1) is 15.6. The first-order valence-corrected chi connectivity index (χ1v) is 11.4. The number of likely N-dealkylation sites (N-methyl/N-ethyl adjacent to an activating group) is 1. The number of sulfonamides is 1. The number of nitrogens with zero attached hydrogens (tertiary/aromatic N) is 1. The smallest absolute Gasteiger partial charge is 0.416 e. The molecule has 0 saturated heterocycles. The molecule has 0 aliphatic carbocycles. The Balaban J connectivity index is 2.29. The number of alkyl halides is 6. The third-order valence-corrected chi connectivity index (χ3v) is 6.60. The lowest BCUT2D eigenvalue weighted by Crippen LogP contribution is -2.37. The van der Waals surface area contributed by atoms with E-state index in [2.05, 4.69) is 0 Å². The number of hydrogen-bond donors (Lipinski definition) is 1. The van der Waals surface area contributed by atoms with Gasteiger partial charge in [-0.15, -0.1) is 0 Å². The number of nitrogens with one attached hydrogen (secondary N) is 1. The van der Waals surface area contributed by atoms with Crippen LogP contribution in [0.2, 0.25) is 5.02 Å². The Hall–Kier alpha value is -2.51. The van der Waals surface area contributed by atoms with E-state index in [4.69, 9.17) is 16.3 Å². The largest absolute Gasteiger partial charge is 0.492 e. The number of benzene rings is 2. The summed E-state index contributed by atoms with van der Waals surface area (Å²) in [6, 6.07) is 4.16. The van der Waals surface area contributed by atoms with Crippen LogP contribution in [0.15, 0.2) is 41.3 Å². The van der Waals surface area contributed by atoms with Gasteiger partial charge in [0, 0.05) is 12.2 Å². The highest BCUT2D eigenvalue weighted by molar-refractivity contribution is 7.89. The van der Waals surface area contributed by atoms with Crippen molar-refractivity contribution in [2.24, 2.45) is 0 Å². The van der Waals surface area contributed by atoms with E-state index in [1.54, 1.807) is 6.92 Å². The summed E-state index contributed by atoms with van der Waals surface area (Å²) in [5.74, 6) is -0.913. The minimum Gasteiger partial charge on any atom is -0.492 e. The van der Waals surface area contributed by atoms with Gasteiger partial charge >= 0.3 is 12.4 Å². The van der Waals surface area contributed by atoms with Crippen molar-refractivity contribution >= 4 is 33.2 Å². The van der Waals surface area contributed by atoms with Crippen molar-refractivity contribution in [3.8, 4) is 5.75 Å². The molecule has 0 aromatic heterocycles. The molecule has 2 rings (SSSR count). The van der Waals surface area contributed by atoms with Crippen LogP contribution in [-0.2, 0) is 27.2 Å². The second-order valence-corrected chi connectivity index (χ2v) is 9.14. The van der Waals surface area contributed by atoms with Crippen LogP contribution in [0.25, 0.3) is 0 Å². The van der Waals surface area contributed by atoms with Crippen LogP contribution in [0.1, 0.15) is 25.0 Å². The third-order valence-electron chi connectivity index (χ3n) is 4.39. The molecule has 0 fully saturated rings. The quantitative estimate of drug-likeness (QED) is 0.460. The molecular weight excluding hydrogens is 514 g/mol. The first kappa shape index (κ1) is 27.7. The Labute approximate surface area is 196 Å². The summed E-state index contributed by atoms with van der Waals surface area (Å²) in [5.41, 5.74) is -4.03. The number of halogens is 7. The Morgan fingerprint density at radius 2 is 1.56 bits per heavy atom. The van der Waals surface area contributed by atoms with Gasteiger partial charge in [-0.3, -0.25) is 4.79 Å². The molecule has 0 atom stereocenters. The summed E-state index contributed by atoms with van der Waals surface area (Å²) in [7, 11) is -4.28. The average molecular weight is 533 g/mol. The van der Waals surface area contributed by atoms with Crippen LogP contribution in [0, 0.1) is 0 Å². The molecular formula is C20H19ClF6N2O4S. The lowest BCUT2D eigenvalue weighted by molar-refractivity contribution is -0.143. The molecule has 0 spiro atoms. The molecule has 34 heavy (non-hydrogen) atoms. The zero-order valence-corrected chi connectivity index (χ0v) is 19.3. The normalized spacial score (nSPS) is 12.6. The van der Waals surface area contributed by atoms with E-state index in [0.717, 1.165) is 6.07 Å². The second kappa shape index (κ2) is 10.4. The van der Waals surface area contributed by atoms with E-state index in [1.165, 1.54) is 19.1 Å². The summed E-state index contributed by atoms with van der Waals surface area (Å²) >= 11 is 6.01. The molecule has 2 aromatic rings. The molecule has 2 aromatic carbocycles. The SMILES string of the molecule is CCOc1ccc(S(=O)(=O)N(CC)CC(=O)Nc2cc(C(F)(F)F)cc(C(F)(F)F)c2)cc1Cl. The van der Waals surface area contributed by atoms with E-state index >= 15 is 0 Å². The predicted molar refractivity (Wildman–Crippen MR) is 112 cm³/mol. The zero-order valence-electron chi connectivity index (χ0n) is 17.7. The number of carbonyl (C=O) groups excluding carboxylic acids is 1. The topological polar surface area (TPSA) is 75.7 Å². The van der Waals surface area contributed by atoms with Crippen molar-refractivity contribution in [1.29, 1.82) is 0 Å². The molecule has 0 bridgehead atoms. The van der Waals surface area contributed by atoms with Gasteiger partial charge in [0.05, 0.1) is 34.2 Å². The lowest BCUT2D eigenvalue weighted by atomic mass is 10.1. The summed E-state index contributed by atoms with van der Waals surface area (Å²) in [6.07, 6.45) is -10.2. The molecule has 0 aliphatic rings. The van der Waals surface area contributed by atoms with Crippen molar-refractivity contribution in [2.45, 2.75) is 31.1 Å². The molecule has 0 unspecified atom stereocenters. The van der Waals surface area contributed by atoms with Gasteiger partial charge in [-0.05, 0) is 43.3 Å². The van der Waals surface area contributed by atoms with Crippen LogP contribution in [-0.4, -0.2) is 38.3 Å². The number of anilines is 1. The molecule has 14 heteroatoms. The van der Waals surface area contributed by atoms with Crippen LogP contribution in [0.5, 0.6) is 5.75 Å². The number of carbonyl (C=O) groups is 1. The summed E-state index contributed by atoms with van der Waals surface area (Å²) in [6.45, 7) is 2.27. The summed E-state index contributed by atoms with van der Waals surface area (Å²) in [5, 5.41) is 1.89. The number of ether oxygens (including phenoxy) is 1. The van der Waals surface area contributed by atoms with E-state index in [9.17, 15) is 39.6 Å². The first-order valence-electron chi connectivity index (χ1n) is 9.61. The molecule has 188 valence electrons. The van der Waals surface area contributed by atoms with Crippen molar-refractivity contribution in [1.82, 2.24) is 4.31 Å². The van der Waals surface area contributed by atoms with Crippen molar-refractivity contribution in [2.75, 3.05) is 25.0 Å². The van der Waals surface area contributed by atoms with Crippen LogP contribution >= 0.6 is 11.6 Å². The van der Waals surface area contributed by atoms with Gasteiger partial charge in [-0.25, -0.2) is 8.42 Å². The van der Waals surface area contributed by atoms with Gasteiger partial charge in [0.15, 0.2) is 0 Å². The fourth-order valence-electron chi connectivity index (χ4n) is 2.82.